The van der Waals surface area contributed by atoms with E-state index in [1.165, 1.54) is 25.7 Å². The zero-order chi connectivity index (χ0) is 21.5. The molecule has 2 atom stereocenters. The van der Waals surface area contributed by atoms with Crippen LogP contribution in [0, 0.1) is 11.8 Å². The van der Waals surface area contributed by atoms with E-state index < -0.39 is 5.97 Å². The highest BCUT2D eigenvalue weighted by Crippen LogP contribution is 2.36. The van der Waals surface area contributed by atoms with Crippen LogP contribution in [0.25, 0.3) is 0 Å². The van der Waals surface area contributed by atoms with E-state index in [1.54, 1.807) is 24.3 Å². The van der Waals surface area contributed by atoms with Gasteiger partial charge in [-0.3, -0.25) is 4.79 Å². The first-order valence-corrected chi connectivity index (χ1v) is 11.0. The van der Waals surface area contributed by atoms with Crippen LogP contribution in [0.2, 0.25) is 0 Å². The lowest BCUT2D eigenvalue weighted by atomic mass is 9.75. The summed E-state index contributed by atoms with van der Waals surface area (Å²) in [4.78, 5) is 38.3. The van der Waals surface area contributed by atoms with E-state index in [1.807, 2.05) is 18.7 Å². The SMILES string of the molecule is CC(C)NC(=O)NCc1ccc(C(=O)OCC(=O)N2CC[C@@H]3CCCC[C@@H]3C2)cc1. The predicted octanol–water partition coefficient (Wildman–Crippen LogP) is 3.09. The number of fused-ring (bicyclic) bond motifs is 1. The van der Waals surface area contributed by atoms with Crippen molar-refractivity contribution in [2.45, 2.75) is 58.5 Å². The quantitative estimate of drug-likeness (QED) is 0.699. The van der Waals surface area contributed by atoms with Crippen LogP contribution in [-0.4, -0.2) is 48.5 Å². The number of ether oxygens (including phenoxy) is 1. The highest BCUT2D eigenvalue weighted by Gasteiger charge is 2.33. The molecule has 0 spiro atoms. The molecule has 2 aliphatic rings. The summed E-state index contributed by atoms with van der Waals surface area (Å²) >= 11 is 0. The Morgan fingerprint density at radius 3 is 2.47 bits per heavy atom. The molecule has 3 amide bonds. The Kier molecular flexibility index (Phi) is 7.71. The largest absolute Gasteiger partial charge is 0.452 e. The highest BCUT2D eigenvalue weighted by atomic mass is 16.5. The van der Waals surface area contributed by atoms with Crippen molar-refractivity contribution in [2.24, 2.45) is 11.8 Å². The average Bonchev–Trinajstić information content (AvgIpc) is 2.75. The third-order valence-corrected chi connectivity index (χ3v) is 6.03. The maximum Gasteiger partial charge on any atom is 0.338 e. The minimum absolute atomic E-state index is 0.0684. The van der Waals surface area contributed by atoms with Gasteiger partial charge in [0.25, 0.3) is 5.91 Å². The number of piperidine rings is 1. The molecular weight excluding hydrogens is 382 g/mol. The van der Waals surface area contributed by atoms with Crippen molar-refractivity contribution in [1.29, 1.82) is 0 Å². The number of benzene rings is 1. The number of esters is 1. The smallest absolute Gasteiger partial charge is 0.338 e. The van der Waals surface area contributed by atoms with E-state index in [-0.39, 0.29) is 24.6 Å². The minimum atomic E-state index is -0.507. The van der Waals surface area contributed by atoms with Gasteiger partial charge in [0.15, 0.2) is 6.61 Å². The topological polar surface area (TPSA) is 87.7 Å². The molecule has 2 fully saturated rings. The van der Waals surface area contributed by atoms with Crippen molar-refractivity contribution in [3.8, 4) is 0 Å². The van der Waals surface area contributed by atoms with Crippen molar-refractivity contribution in [2.75, 3.05) is 19.7 Å². The minimum Gasteiger partial charge on any atom is -0.452 e. The first-order valence-electron chi connectivity index (χ1n) is 11.0. The summed E-state index contributed by atoms with van der Waals surface area (Å²) in [6, 6.07) is 6.67. The van der Waals surface area contributed by atoms with Crippen molar-refractivity contribution in [3.63, 3.8) is 0 Å². The lowest BCUT2D eigenvalue weighted by Gasteiger charge is -2.41. The molecule has 0 unspecified atom stereocenters. The molecule has 30 heavy (non-hydrogen) atoms. The number of hydrogen-bond acceptors (Lipinski definition) is 4. The Morgan fingerprint density at radius 2 is 1.77 bits per heavy atom. The molecule has 7 nitrogen and oxygen atoms in total. The van der Waals surface area contributed by atoms with Crippen LogP contribution in [0.5, 0.6) is 0 Å². The van der Waals surface area contributed by atoms with Crippen molar-refractivity contribution >= 4 is 17.9 Å². The van der Waals surface area contributed by atoms with Gasteiger partial charge in [0.1, 0.15) is 0 Å². The summed E-state index contributed by atoms with van der Waals surface area (Å²) in [5, 5.41) is 5.51. The second kappa shape index (κ2) is 10.5. The summed E-state index contributed by atoms with van der Waals surface area (Å²) < 4.78 is 5.25. The van der Waals surface area contributed by atoms with E-state index >= 15 is 0 Å². The van der Waals surface area contributed by atoms with E-state index in [0.29, 0.717) is 18.0 Å². The fraction of sp³-hybridized carbons (Fsp3) is 0.609. The zero-order valence-electron chi connectivity index (χ0n) is 18.0. The number of rotatable bonds is 6. The number of likely N-dealkylation sites (tertiary alicyclic amines) is 1. The lowest BCUT2D eigenvalue weighted by molar-refractivity contribution is -0.137. The molecule has 0 bridgehead atoms. The molecule has 1 aliphatic heterocycles. The normalized spacial score (nSPS) is 21.0. The predicted molar refractivity (Wildman–Crippen MR) is 114 cm³/mol. The van der Waals surface area contributed by atoms with Gasteiger partial charge in [-0.2, -0.15) is 0 Å². The van der Waals surface area contributed by atoms with Gasteiger partial charge < -0.3 is 20.3 Å². The molecule has 7 heteroatoms. The van der Waals surface area contributed by atoms with Gasteiger partial charge in [0, 0.05) is 25.7 Å². The van der Waals surface area contributed by atoms with Gasteiger partial charge >= 0.3 is 12.0 Å². The summed E-state index contributed by atoms with van der Waals surface area (Å²) in [5.41, 5.74) is 1.26. The molecule has 1 aromatic rings. The Bertz CT molecular complexity index is 747. The molecule has 1 aromatic carbocycles. The van der Waals surface area contributed by atoms with Crippen LogP contribution in [0.4, 0.5) is 4.79 Å². The Hall–Kier alpha value is -2.57. The van der Waals surface area contributed by atoms with Gasteiger partial charge in [-0.1, -0.05) is 31.4 Å². The number of urea groups is 1. The summed E-state index contributed by atoms with van der Waals surface area (Å²) in [6.07, 6.45) is 6.12. The molecule has 1 heterocycles. The maximum absolute atomic E-state index is 12.5. The highest BCUT2D eigenvalue weighted by molar-refractivity contribution is 5.91. The van der Waals surface area contributed by atoms with Gasteiger partial charge in [0.2, 0.25) is 0 Å². The fourth-order valence-corrected chi connectivity index (χ4v) is 4.38. The van der Waals surface area contributed by atoms with Crippen LogP contribution < -0.4 is 10.6 Å². The Balaban J connectivity index is 1.42. The number of carbonyl (C=O) groups is 3. The lowest BCUT2D eigenvalue weighted by Crippen LogP contribution is -2.46. The molecule has 2 N–H and O–H groups in total. The van der Waals surface area contributed by atoms with Crippen LogP contribution in [0.15, 0.2) is 24.3 Å². The van der Waals surface area contributed by atoms with Crippen LogP contribution in [-0.2, 0) is 16.1 Å². The summed E-state index contributed by atoms with van der Waals surface area (Å²) in [5.74, 6) is 0.753. The summed E-state index contributed by atoms with van der Waals surface area (Å²) in [7, 11) is 0. The van der Waals surface area contributed by atoms with Crippen molar-refractivity contribution in [1.82, 2.24) is 15.5 Å². The molecular formula is C23H33N3O4. The number of carbonyl (C=O) groups excluding carboxylic acids is 3. The third-order valence-electron chi connectivity index (χ3n) is 6.03. The number of amides is 3. The van der Waals surface area contributed by atoms with E-state index in [2.05, 4.69) is 10.6 Å². The van der Waals surface area contributed by atoms with Gasteiger partial charge in [-0.25, -0.2) is 9.59 Å². The number of nitrogens with zero attached hydrogens (tertiary/aromatic N) is 1. The number of hydrogen-bond donors (Lipinski definition) is 2. The van der Waals surface area contributed by atoms with Gasteiger partial charge in [-0.15, -0.1) is 0 Å². The third kappa shape index (κ3) is 6.21. The monoisotopic (exact) mass is 415 g/mol. The standard InChI is InChI=1S/C23H33N3O4/c1-16(2)25-23(29)24-13-17-7-9-19(10-8-17)22(28)30-15-21(27)26-12-11-18-5-3-4-6-20(18)14-26/h7-10,16,18,20H,3-6,11-15H2,1-2H3,(H2,24,25,29)/t18-,20+/m0/s1. The van der Waals surface area contributed by atoms with Crippen molar-refractivity contribution in [3.05, 3.63) is 35.4 Å². The average molecular weight is 416 g/mol. The van der Waals surface area contributed by atoms with Gasteiger partial charge in [-0.05, 0) is 56.2 Å². The number of nitrogens with one attached hydrogen (secondary N) is 2. The molecule has 0 aromatic heterocycles. The second-order valence-electron chi connectivity index (χ2n) is 8.69. The van der Waals surface area contributed by atoms with E-state index in [9.17, 15) is 14.4 Å². The Labute approximate surface area is 178 Å². The maximum atomic E-state index is 12.5. The molecule has 1 saturated carbocycles. The van der Waals surface area contributed by atoms with Crippen LogP contribution >= 0.6 is 0 Å². The zero-order valence-corrected chi connectivity index (χ0v) is 18.0. The van der Waals surface area contributed by atoms with Gasteiger partial charge in [0.05, 0.1) is 5.56 Å². The summed E-state index contributed by atoms with van der Waals surface area (Å²) in [6.45, 7) is 5.50. The molecule has 3 rings (SSSR count). The second-order valence-corrected chi connectivity index (χ2v) is 8.69. The van der Waals surface area contributed by atoms with Crippen molar-refractivity contribution < 1.29 is 19.1 Å². The Morgan fingerprint density at radius 1 is 1.07 bits per heavy atom. The molecule has 164 valence electrons. The first-order chi connectivity index (χ1) is 14.4. The fourth-order valence-electron chi connectivity index (χ4n) is 4.38. The van der Waals surface area contributed by atoms with E-state index in [4.69, 9.17) is 4.74 Å². The van der Waals surface area contributed by atoms with E-state index in [0.717, 1.165) is 31.0 Å². The molecule has 0 radical (unpaired) electrons. The first kappa shape index (κ1) is 22.1. The molecule has 1 aliphatic carbocycles. The van der Waals surface area contributed by atoms with Crippen LogP contribution in [0.1, 0.15) is 61.9 Å². The van der Waals surface area contributed by atoms with Crippen LogP contribution in [0.3, 0.4) is 0 Å². The molecule has 1 saturated heterocycles.